The molecule has 0 aliphatic carbocycles. The molecule has 224 valence electrons. The van der Waals surface area contributed by atoms with Gasteiger partial charge in [-0.05, 0) is 38.5 Å². The summed E-state index contributed by atoms with van der Waals surface area (Å²) in [6.07, 6.45) is 25.0. The van der Waals surface area contributed by atoms with Crippen molar-refractivity contribution in [2.45, 2.75) is 175 Å². The number of carbonyl (C=O) groups is 3. The van der Waals surface area contributed by atoms with Gasteiger partial charge in [0.15, 0.2) is 0 Å². The summed E-state index contributed by atoms with van der Waals surface area (Å²) in [4.78, 5) is 30.1. The van der Waals surface area contributed by atoms with Crippen LogP contribution in [0.4, 0.5) is 0 Å². The van der Waals surface area contributed by atoms with Gasteiger partial charge in [-0.3, -0.25) is 0 Å². The molecule has 0 bridgehead atoms. The third kappa shape index (κ3) is 59.9. The topological polar surface area (TPSA) is 141 Å². The molecule has 1 N–H and O–H groups in total. The van der Waals surface area contributed by atoms with Gasteiger partial charge in [0.05, 0.1) is 0 Å². The van der Waals surface area contributed by atoms with Gasteiger partial charge in [0.1, 0.15) is 0 Å². The van der Waals surface area contributed by atoms with Crippen molar-refractivity contribution in [3.05, 3.63) is 0 Å². The van der Waals surface area contributed by atoms with E-state index in [1.54, 1.807) is 0 Å². The first-order valence-corrected chi connectivity index (χ1v) is 15.8. The van der Waals surface area contributed by atoms with Crippen LogP contribution >= 0.6 is 0 Å². The van der Waals surface area contributed by atoms with Crippen LogP contribution < -0.4 is 15.3 Å². The van der Waals surface area contributed by atoms with Crippen molar-refractivity contribution in [1.82, 2.24) is 0 Å². The van der Waals surface area contributed by atoms with Crippen LogP contribution in [0.15, 0.2) is 0 Å². The Balaban J connectivity index is -0.000000220. The van der Waals surface area contributed by atoms with Crippen molar-refractivity contribution in [3.63, 3.8) is 0 Å². The first-order chi connectivity index (χ1) is 18.3. The van der Waals surface area contributed by atoms with E-state index in [4.69, 9.17) is 3.69 Å². The average Bonchev–Trinajstić information content (AvgIpc) is 2.88. The number of unbranched alkanes of at least 4 members (excludes halogenated alkanes) is 18. The average molecular weight is 579 g/mol. The van der Waals surface area contributed by atoms with E-state index in [9.17, 15) is 29.7 Å². The Kier molecular flexibility index (Phi) is 50.1. The van der Waals surface area contributed by atoms with E-state index < -0.39 is 17.9 Å². The summed E-state index contributed by atoms with van der Waals surface area (Å²) in [5, 5.41) is 30.1. The van der Waals surface area contributed by atoms with Gasteiger partial charge in [0.2, 0.25) is 0 Å². The van der Waals surface area contributed by atoms with Crippen molar-refractivity contribution in [1.29, 1.82) is 0 Å². The minimum atomic E-state index is -0.913. The molecule has 8 heteroatoms. The van der Waals surface area contributed by atoms with Gasteiger partial charge in [-0.1, -0.05) is 136 Å². The number of hydrogen-bond acceptors (Lipinski definition) is 7. The number of aliphatic carboxylic acids is 3. The number of carbonyl (C=O) groups excluding carboxylic acids is 3. The number of rotatable bonds is 24. The molecule has 0 rings (SSSR count). The summed E-state index contributed by atoms with van der Waals surface area (Å²) in [5.41, 5.74) is 0. The van der Waals surface area contributed by atoms with E-state index in [1.807, 2.05) is 0 Å². The fourth-order valence-corrected chi connectivity index (χ4v) is 3.68. The summed E-state index contributed by atoms with van der Waals surface area (Å²) in [7, 11) is 0. The summed E-state index contributed by atoms with van der Waals surface area (Å²) in [6.45, 7) is 6.57. The summed E-state index contributed by atoms with van der Waals surface area (Å²) in [5.74, 6) is -2.74. The molecule has 0 atom stereocenters. The van der Waals surface area contributed by atoms with Crippen LogP contribution in [0.2, 0.25) is 0 Å². The number of hydrogen-bond donors (Lipinski definition) is 1. The molecule has 0 aromatic rings. The third-order valence-corrected chi connectivity index (χ3v) is 5.95. The molecule has 7 nitrogen and oxygen atoms in total. The summed E-state index contributed by atoms with van der Waals surface area (Å²) < 4.78 is 7.00. The van der Waals surface area contributed by atoms with E-state index in [-0.39, 0.29) is 19.3 Å². The van der Waals surface area contributed by atoms with Crippen LogP contribution in [0.25, 0.3) is 0 Å². The maximum absolute atomic E-state index is 10.0. The molecule has 0 radical (unpaired) electrons. The molecule has 0 aromatic heterocycles. The molecule has 0 saturated heterocycles. The Morgan fingerprint density at radius 1 is 0.395 bits per heavy atom. The van der Waals surface area contributed by atoms with Crippen LogP contribution in [0.3, 0.4) is 0 Å². The normalized spacial score (nSPS) is 9.74. The Labute approximate surface area is 246 Å². The van der Waals surface area contributed by atoms with Crippen LogP contribution in [0, 0.1) is 0 Å². The van der Waals surface area contributed by atoms with Gasteiger partial charge < -0.3 is 29.7 Å². The zero-order valence-corrected chi connectivity index (χ0v) is 26.4. The Morgan fingerprint density at radius 2 is 0.553 bits per heavy atom. The molecule has 0 saturated carbocycles. The van der Waals surface area contributed by atoms with Crippen LogP contribution in [-0.4, -0.2) is 21.6 Å². The van der Waals surface area contributed by atoms with Gasteiger partial charge in [-0.2, -0.15) is 0 Å². The van der Waals surface area contributed by atoms with Crippen molar-refractivity contribution >= 4 is 17.9 Å². The van der Waals surface area contributed by atoms with E-state index in [2.05, 4.69) is 20.8 Å². The van der Waals surface area contributed by atoms with Gasteiger partial charge in [-0.25, -0.2) is 0 Å². The summed E-state index contributed by atoms with van der Waals surface area (Å²) in [6, 6.07) is 0. The quantitative estimate of drug-likeness (QED) is 0.125. The second kappa shape index (κ2) is 43.1. The van der Waals surface area contributed by atoms with Gasteiger partial charge >= 0.3 is 24.5 Å². The van der Waals surface area contributed by atoms with Gasteiger partial charge in [0, 0.05) is 17.9 Å². The van der Waals surface area contributed by atoms with Crippen LogP contribution in [0.5, 0.6) is 0 Å². The molecule has 0 aliphatic heterocycles. The number of carboxylic acids is 3. The molecule has 0 heterocycles. The number of carboxylic acid groups (broad SMARTS) is 3. The molecular formula is C30H58O7Ti. The minimum absolute atomic E-state index is 0.230. The predicted octanol–water partition coefficient (Wildman–Crippen LogP) is 5.07. The molecule has 0 amide bonds. The van der Waals surface area contributed by atoms with Gasteiger partial charge in [0.25, 0.3) is 0 Å². The SMILES string of the molecule is CCCCCCCCCC(=O)[O-].CCCCCCCCCC(=O)[O-].CCCCCCCCCC(=O)[O-].[OH][Ti+3]. The molecule has 0 fully saturated rings. The van der Waals surface area contributed by atoms with Crippen molar-refractivity contribution < 1.29 is 54.2 Å². The first kappa shape index (κ1) is 44.1. The van der Waals surface area contributed by atoms with Crippen molar-refractivity contribution in [2.75, 3.05) is 0 Å². The monoisotopic (exact) mass is 578 g/mol. The molecule has 0 spiro atoms. The fourth-order valence-electron chi connectivity index (χ4n) is 3.68. The van der Waals surface area contributed by atoms with Crippen LogP contribution in [0.1, 0.15) is 175 Å². The Bertz CT molecular complexity index is 407. The molecule has 38 heavy (non-hydrogen) atoms. The van der Waals surface area contributed by atoms with E-state index in [1.165, 1.54) is 96.3 Å². The summed E-state index contributed by atoms with van der Waals surface area (Å²) >= 11 is 1.00. The molecule has 0 aliphatic rings. The first-order valence-electron chi connectivity index (χ1n) is 15.1. The van der Waals surface area contributed by atoms with Gasteiger partial charge in [-0.15, -0.1) is 0 Å². The Morgan fingerprint density at radius 3 is 0.711 bits per heavy atom. The van der Waals surface area contributed by atoms with Crippen LogP contribution in [-0.2, 0) is 35.2 Å². The van der Waals surface area contributed by atoms with Crippen molar-refractivity contribution in [3.8, 4) is 0 Å². The van der Waals surface area contributed by atoms with E-state index in [0.717, 1.165) is 59.3 Å². The van der Waals surface area contributed by atoms with E-state index in [0.29, 0.717) is 0 Å². The van der Waals surface area contributed by atoms with E-state index >= 15 is 0 Å². The maximum atomic E-state index is 10.0. The second-order valence-electron chi connectivity index (χ2n) is 9.73. The third-order valence-electron chi connectivity index (χ3n) is 5.95. The molecule has 0 unspecified atom stereocenters. The zero-order chi connectivity index (χ0) is 29.7. The van der Waals surface area contributed by atoms with Crippen molar-refractivity contribution in [2.24, 2.45) is 0 Å². The zero-order valence-electron chi connectivity index (χ0n) is 24.9. The molecule has 0 aromatic carbocycles. The fraction of sp³-hybridized carbons (Fsp3) is 0.900. The second-order valence-corrected chi connectivity index (χ2v) is 9.73. The predicted molar refractivity (Wildman–Crippen MR) is 145 cm³/mol. The molecular weight excluding hydrogens is 520 g/mol. The standard InChI is InChI=1S/3C10H20O2.H2O.Ti/c3*1-2-3-4-5-6-7-8-9-10(11)12;;/h3*2-9H2,1H3,(H,11,12);1H2;/q;;;;+4/p-4. The Hall–Kier alpha value is -0.916.